The summed E-state index contributed by atoms with van der Waals surface area (Å²) >= 11 is 0. The molecule has 0 radical (unpaired) electrons. The Morgan fingerprint density at radius 1 is 1.23 bits per heavy atom. The number of nitrogens with one attached hydrogen (secondary N) is 2. The minimum atomic E-state index is -4.98. The summed E-state index contributed by atoms with van der Waals surface area (Å²) in [6, 6.07) is 4.64. The smallest absolute Gasteiger partial charge is 0.484 e. The molecule has 212 valence electrons. The number of alkyl halides is 6. The molecule has 1 atom stereocenters. The lowest BCUT2D eigenvalue weighted by Crippen LogP contribution is -2.50. The molecule has 1 spiro atoms. The zero-order chi connectivity index (χ0) is 28.2. The van der Waals surface area contributed by atoms with E-state index < -0.39 is 43.1 Å². The number of hydrogen-bond acceptors (Lipinski definition) is 4. The Hall–Kier alpha value is -3.29. The maximum atomic E-state index is 13.5. The number of benzene rings is 1. The molecule has 1 fully saturated rings. The van der Waals surface area contributed by atoms with E-state index >= 15 is 0 Å². The van der Waals surface area contributed by atoms with Crippen molar-refractivity contribution >= 4 is 17.6 Å². The molecule has 39 heavy (non-hydrogen) atoms. The Morgan fingerprint density at radius 2 is 1.97 bits per heavy atom. The molecule has 1 aromatic carbocycles. The molecule has 1 aliphatic heterocycles. The van der Waals surface area contributed by atoms with Crippen LogP contribution in [0.2, 0.25) is 0 Å². The maximum Gasteiger partial charge on any atom is 0.523 e. The summed E-state index contributed by atoms with van der Waals surface area (Å²) < 4.78 is 87.1. The lowest BCUT2D eigenvalue weighted by atomic mass is 9.82. The molecule has 5 rings (SSSR count). The van der Waals surface area contributed by atoms with E-state index in [0.29, 0.717) is 37.4 Å². The van der Waals surface area contributed by atoms with E-state index in [1.54, 1.807) is 28.5 Å². The monoisotopic (exact) mass is 561 g/mol. The van der Waals surface area contributed by atoms with E-state index in [0.717, 1.165) is 30.4 Å². The molecule has 2 amide bonds. The van der Waals surface area contributed by atoms with Crippen molar-refractivity contribution in [2.75, 3.05) is 18.5 Å². The van der Waals surface area contributed by atoms with Gasteiger partial charge < -0.3 is 10.1 Å². The van der Waals surface area contributed by atoms with Gasteiger partial charge in [-0.1, -0.05) is 18.9 Å². The fourth-order valence-corrected chi connectivity index (χ4v) is 5.49. The summed E-state index contributed by atoms with van der Waals surface area (Å²) in [5, 5.41) is 5.47. The van der Waals surface area contributed by atoms with Gasteiger partial charge in [-0.25, -0.2) is 14.8 Å². The number of carbonyl (C=O) groups excluding carboxylic acids is 2. The Balaban J connectivity index is 1.44. The first-order chi connectivity index (χ1) is 18.2. The van der Waals surface area contributed by atoms with Gasteiger partial charge in [0.25, 0.3) is 5.91 Å². The van der Waals surface area contributed by atoms with Gasteiger partial charge >= 0.3 is 24.3 Å². The Labute approximate surface area is 219 Å². The van der Waals surface area contributed by atoms with Gasteiger partial charge in [-0.15, -0.1) is 13.2 Å². The molecule has 2 heterocycles. The average molecular weight is 562 g/mol. The lowest BCUT2D eigenvalue weighted by Gasteiger charge is -2.35. The highest BCUT2D eigenvalue weighted by Crippen LogP contribution is 2.44. The number of aromatic nitrogens is 2. The van der Waals surface area contributed by atoms with Gasteiger partial charge in [0.15, 0.2) is 18.8 Å². The number of halogens is 6. The number of carbonyl (C=O) groups is 2. The summed E-state index contributed by atoms with van der Waals surface area (Å²) in [6.07, 6.45) is -5.22. The highest BCUT2D eigenvalue weighted by atomic mass is 19.4. The fourth-order valence-electron chi connectivity index (χ4n) is 5.49. The highest BCUT2D eigenvalue weighted by molar-refractivity contribution is 6.04. The molecule has 8 nitrogen and oxygen atoms in total. The van der Waals surface area contributed by atoms with Crippen molar-refractivity contribution in [1.29, 1.82) is 0 Å². The van der Waals surface area contributed by atoms with Crippen molar-refractivity contribution < 1.29 is 50.1 Å². The zero-order valence-corrected chi connectivity index (χ0v) is 21.0. The van der Waals surface area contributed by atoms with Gasteiger partial charge in [-0.2, -0.15) is 17.9 Å². The van der Waals surface area contributed by atoms with E-state index in [4.69, 9.17) is 4.74 Å². The van der Waals surface area contributed by atoms with Crippen molar-refractivity contribution in [3.05, 3.63) is 40.6 Å². The second-order valence-corrected chi connectivity index (χ2v) is 10.3. The quantitative estimate of drug-likeness (QED) is 0.381. The largest absolute Gasteiger partial charge is 0.523 e. The van der Waals surface area contributed by atoms with Crippen LogP contribution in [0.15, 0.2) is 18.2 Å². The third kappa shape index (κ3) is 5.85. The van der Waals surface area contributed by atoms with E-state index in [1.807, 2.05) is 0 Å². The third-order valence-corrected chi connectivity index (χ3v) is 7.47. The van der Waals surface area contributed by atoms with Crippen molar-refractivity contribution in [2.24, 2.45) is 13.0 Å². The molecule has 2 aliphatic carbocycles. The summed E-state index contributed by atoms with van der Waals surface area (Å²) in [4.78, 5) is 25.9. The van der Waals surface area contributed by atoms with Crippen LogP contribution in [-0.4, -0.2) is 42.2 Å². The normalized spacial score (nSPS) is 20.5. The molecule has 1 saturated carbocycles. The molecular formula is C25H27F6N4O4+. The molecule has 0 unspecified atom stereocenters. The van der Waals surface area contributed by atoms with Crippen molar-refractivity contribution in [3.8, 4) is 5.75 Å². The summed E-state index contributed by atoms with van der Waals surface area (Å²) in [5.74, 6) is -0.864. The van der Waals surface area contributed by atoms with Crippen LogP contribution < -0.4 is 20.1 Å². The fraction of sp³-hybridized carbons (Fsp3) is 0.560. The predicted molar refractivity (Wildman–Crippen MR) is 123 cm³/mol. The molecule has 1 aromatic heterocycles. The summed E-state index contributed by atoms with van der Waals surface area (Å²) in [7, 11) is 1.73. The molecule has 0 bridgehead atoms. The van der Waals surface area contributed by atoms with Crippen LogP contribution in [0, 0.1) is 5.92 Å². The standard InChI is InChI=1S/C25H26F6N4O4/c1-34-18-11-23(8-6-15-10-16(4-5-17(15)23)38-13-24(26,27)28)33-22(37)20(18)21(35(34)9-7-14-2-3-14)32-19(36)12-39-25(29,30)31/h4-5,10,14H,2-3,6-9,11-13H2,1H3,(H,33,37)/p+1/t23-/m0/s1. The SMILES string of the molecule is Cn1c2c(c(NC(=O)COC(F)(F)F)[n+]1CCC1CC1)C(=O)N[C@@]1(CCc3cc(OCC(F)(F)F)ccc31)C2. The van der Waals surface area contributed by atoms with Crippen molar-refractivity contribution in [3.63, 3.8) is 0 Å². The molecule has 2 N–H and O–H groups in total. The number of anilines is 1. The number of ether oxygens (including phenoxy) is 2. The number of amides is 2. The van der Waals surface area contributed by atoms with Crippen LogP contribution in [0.25, 0.3) is 0 Å². The zero-order valence-electron chi connectivity index (χ0n) is 21.0. The van der Waals surface area contributed by atoms with Crippen LogP contribution in [-0.2, 0) is 41.5 Å². The van der Waals surface area contributed by atoms with Crippen LogP contribution >= 0.6 is 0 Å². The summed E-state index contributed by atoms with van der Waals surface area (Å²) in [6.45, 7) is -2.22. The minimum absolute atomic E-state index is 0.0776. The van der Waals surface area contributed by atoms with E-state index in [2.05, 4.69) is 15.4 Å². The van der Waals surface area contributed by atoms with Gasteiger partial charge in [0.2, 0.25) is 0 Å². The number of fused-ring (bicyclic) bond motifs is 3. The van der Waals surface area contributed by atoms with Crippen LogP contribution in [0.5, 0.6) is 5.75 Å². The van der Waals surface area contributed by atoms with Crippen LogP contribution in [0.3, 0.4) is 0 Å². The lowest BCUT2D eigenvalue weighted by molar-refractivity contribution is -0.761. The molecule has 0 saturated heterocycles. The van der Waals surface area contributed by atoms with Crippen molar-refractivity contribution in [2.45, 2.75) is 63.1 Å². The molecule has 3 aliphatic rings. The second-order valence-electron chi connectivity index (χ2n) is 10.3. The number of hydrogen-bond donors (Lipinski definition) is 2. The first-order valence-electron chi connectivity index (χ1n) is 12.5. The number of aryl methyl sites for hydroxylation is 1. The minimum Gasteiger partial charge on any atom is -0.484 e. The van der Waals surface area contributed by atoms with Crippen molar-refractivity contribution in [1.82, 2.24) is 10.00 Å². The molecule has 2 aromatic rings. The number of nitrogens with zero attached hydrogens (tertiary/aromatic N) is 2. The topological polar surface area (TPSA) is 85.5 Å². The maximum absolute atomic E-state index is 13.5. The van der Waals surface area contributed by atoms with Gasteiger partial charge in [0, 0.05) is 13.5 Å². The van der Waals surface area contributed by atoms with E-state index in [9.17, 15) is 35.9 Å². The van der Waals surface area contributed by atoms with Gasteiger partial charge in [0.1, 0.15) is 12.3 Å². The van der Waals surface area contributed by atoms with Gasteiger partial charge in [-0.3, -0.25) is 9.53 Å². The van der Waals surface area contributed by atoms with Crippen LogP contribution in [0.1, 0.15) is 52.9 Å². The average Bonchev–Trinajstić information content (AvgIpc) is 3.56. The molecule has 14 heteroatoms. The number of rotatable bonds is 8. The first kappa shape index (κ1) is 27.3. The Morgan fingerprint density at radius 3 is 2.64 bits per heavy atom. The van der Waals surface area contributed by atoms with E-state index in [1.165, 1.54) is 6.07 Å². The second kappa shape index (κ2) is 9.72. The third-order valence-electron chi connectivity index (χ3n) is 7.47. The summed E-state index contributed by atoms with van der Waals surface area (Å²) in [5.41, 5.74) is 1.44. The molecular weight excluding hydrogens is 534 g/mol. The highest BCUT2D eigenvalue weighted by Gasteiger charge is 2.49. The first-order valence-corrected chi connectivity index (χ1v) is 12.5. The van der Waals surface area contributed by atoms with Gasteiger partial charge in [-0.05, 0) is 48.4 Å². The van der Waals surface area contributed by atoms with E-state index in [-0.39, 0.29) is 17.1 Å². The van der Waals surface area contributed by atoms with Crippen LogP contribution in [0.4, 0.5) is 32.2 Å². The Kier molecular flexibility index (Phi) is 6.80. The Bertz CT molecular complexity index is 1300. The van der Waals surface area contributed by atoms with Gasteiger partial charge in [0.05, 0.1) is 11.2 Å². The predicted octanol–water partition coefficient (Wildman–Crippen LogP) is 3.66.